The Morgan fingerprint density at radius 1 is 1.47 bits per heavy atom. The average molecular weight is 260 g/mol. The number of amides is 1. The van der Waals surface area contributed by atoms with Crippen molar-refractivity contribution in [3.63, 3.8) is 0 Å². The highest BCUT2D eigenvalue weighted by atomic mass is 16.1. The van der Waals surface area contributed by atoms with E-state index in [0.717, 1.165) is 12.0 Å². The predicted molar refractivity (Wildman–Crippen MR) is 71.3 cm³/mol. The van der Waals surface area contributed by atoms with E-state index in [0.29, 0.717) is 17.8 Å². The molecule has 19 heavy (non-hydrogen) atoms. The first kappa shape index (κ1) is 13.0. The predicted octanol–water partition coefficient (Wildman–Crippen LogP) is 0.0732. The van der Waals surface area contributed by atoms with Crippen LogP contribution in [0.25, 0.3) is 0 Å². The Labute approximate surface area is 110 Å². The van der Waals surface area contributed by atoms with Crippen LogP contribution in [-0.2, 0) is 13.5 Å². The van der Waals surface area contributed by atoms with Crippen LogP contribution >= 0.6 is 0 Å². The van der Waals surface area contributed by atoms with Crippen molar-refractivity contribution >= 4 is 11.6 Å². The van der Waals surface area contributed by atoms with Gasteiger partial charge in [0, 0.05) is 32.2 Å². The second-order valence-electron chi connectivity index (χ2n) is 4.09. The van der Waals surface area contributed by atoms with Crippen LogP contribution in [0.3, 0.4) is 0 Å². The summed E-state index contributed by atoms with van der Waals surface area (Å²) in [5, 5.41) is 6.89. The van der Waals surface area contributed by atoms with E-state index in [-0.39, 0.29) is 5.91 Å². The summed E-state index contributed by atoms with van der Waals surface area (Å²) in [4.78, 5) is 15.9. The maximum atomic E-state index is 12.0. The van der Waals surface area contributed by atoms with Crippen LogP contribution in [0.2, 0.25) is 0 Å². The van der Waals surface area contributed by atoms with Gasteiger partial charge in [0.1, 0.15) is 0 Å². The number of nitrogen functional groups attached to an aromatic ring is 1. The van der Waals surface area contributed by atoms with Crippen LogP contribution in [-0.4, -0.2) is 27.2 Å². The van der Waals surface area contributed by atoms with Crippen molar-refractivity contribution in [1.29, 1.82) is 0 Å². The summed E-state index contributed by atoms with van der Waals surface area (Å²) in [5.74, 6) is 5.14. The maximum Gasteiger partial charge on any atom is 0.255 e. The molecule has 0 aliphatic heterocycles. The number of pyridine rings is 1. The molecule has 7 nitrogen and oxygen atoms in total. The zero-order valence-electron chi connectivity index (χ0n) is 10.6. The summed E-state index contributed by atoms with van der Waals surface area (Å²) in [5.41, 5.74) is 4.53. The summed E-state index contributed by atoms with van der Waals surface area (Å²) in [6.07, 6.45) is 7.48. The number of hydrazine groups is 1. The first-order chi connectivity index (χ1) is 9.20. The molecule has 2 aromatic heterocycles. The number of anilines is 1. The number of nitrogens with two attached hydrogens (primary N) is 1. The van der Waals surface area contributed by atoms with E-state index >= 15 is 0 Å². The number of aromatic nitrogens is 3. The molecule has 0 atom stereocenters. The van der Waals surface area contributed by atoms with E-state index in [9.17, 15) is 4.79 Å². The van der Waals surface area contributed by atoms with Gasteiger partial charge in [-0.25, -0.2) is 0 Å². The highest BCUT2D eigenvalue weighted by Crippen LogP contribution is 2.11. The van der Waals surface area contributed by atoms with Gasteiger partial charge in [0.05, 0.1) is 17.4 Å². The number of nitrogens with zero attached hydrogens (tertiary/aromatic N) is 3. The van der Waals surface area contributed by atoms with Crippen LogP contribution in [0, 0.1) is 0 Å². The number of rotatable bonds is 5. The van der Waals surface area contributed by atoms with E-state index < -0.39 is 0 Å². The highest BCUT2D eigenvalue weighted by Gasteiger charge is 2.10. The van der Waals surface area contributed by atoms with Crippen LogP contribution in [0.1, 0.15) is 15.9 Å². The number of aryl methyl sites for hydroxylation is 1. The lowest BCUT2D eigenvalue weighted by molar-refractivity contribution is 0.0954. The summed E-state index contributed by atoms with van der Waals surface area (Å²) in [6, 6.07) is 1.65. The lowest BCUT2D eigenvalue weighted by Crippen LogP contribution is -2.27. The number of carbonyl (C=O) groups excluding carboxylic acids is 1. The Morgan fingerprint density at radius 3 is 3.00 bits per heavy atom. The van der Waals surface area contributed by atoms with Crippen LogP contribution in [0.5, 0.6) is 0 Å². The average Bonchev–Trinajstić information content (AvgIpc) is 2.84. The van der Waals surface area contributed by atoms with E-state index in [1.54, 1.807) is 23.1 Å². The van der Waals surface area contributed by atoms with Gasteiger partial charge in [-0.2, -0.15) is 5.10 Å². The zero-order valence-corrected chi connectivity index (χ0v) is 10.6. The third-order valence-electron chi connectivity index (χ3n) is 2.68. The molecule has 2 rings (SSSR count). The lowest BCUT2D eigenvalue weighted by Gasteiger charge is -2.08. The standard InChI is InChI=1S/C12H16N6O/c1-18-8-9(6-16-18)2-5-15-12(19)10-7-14-4-3-11(10)17-13/h3-4,6-8H,2,5,13H2,1H3,(H,14,17)(H,15,19). The molecule has 0 aliphatic rings. The van der Waals surface area contributed by atoms with Crippen molar-refractivity contribution in [3.05, 3.63) is 42.0 Å². The molecule has 0 fully saturated rings. The fourth-order valence-corrected chi connectivity index (χ4v) is 1.72. The van der Waals surface area contributed by atoms with Gasteiger partial charge in [0.2, 0.25) is 0 Å². The molecular formula is C12H16N6O. The molecular weight excluding hydrogens is 244 g/mol. The molecule has 0 unspecified atom stereocenters. The summed E-state index contributed by atoms with van der Waals surface area (Å²) in [6.45, 7) is 0.531. The van der Waals surface area contributed by atoms with E-state index in [1.165, 1.54) is 6.20 Å². The minimum atomic E-state index is -0.204. The van der Waals surface area contributed by atoms with Crippen molar-refractivity contribution < 1.29 is 4.79 Å². The molecule has 2 heterocycles. The molecule has 7 heteroatoms. The Balaban J connectivity index is 1.90. The number of carbonyl (C=O) groups is 1. The van der Waals surface area contributed by atoms with Gasteiger partial charge in [-0.15, -0.1) is 0 Å². The normalized spacial score (nSPS) is 10.2. The quantitative estimate of drug-likeness (QED) is 0.522. The Hall–Kier alpha value is -2.41. The van der Waals surface area contributed by atoms with Crippen molar-refractivity contribution in [2.45, 2.75) is 6.42 Å². The minimum absolute atomic E-state index is 0.204. The second kappa shape index (κ2) is 5.96. The van der Waals surface area contributed by atoms with Crippen molar-refractivity contribution in [2.24, 2.45) is 12.9 Å². The first-order valence-corrected chi connectivity index (χ1v) is 5.87. The third kappa shape index (κ3) is 3.29. The minimum Gasteiger partial charge on any atom is -0.352 e. The summed E-state index contributed by atoms with van der Waals surface area (Å²) in [7, 11) is 1.86. The molecule has 100 valence electrons. The Morgan fingerprint density at radius 2 is 2.32 bits per heavy atom. The molecule has 0 aliphatic carbocycles. The largest absolute Gasteiger partial charge is 0.352 e. The number of hydrogen-bond acceptors (Lipinski definition) is 5. The van der Waals surface area contributed by atoms with Gasteiger partial charge in [-0.05, 0) is 18.1 Å². The second-order valence-corrected chi connectivity index (χ2v) is 4.09. The molecule has 0 bridgehead atoms. The van der Waals surface area contributed by atoms with Crippen LogP contribution < -0.4 is 16.6 Å². The van der Waals surface area contributed by atoms with E-state index in [1.807, 2.05) is 13.2 Å². The van der Waals surface area contributed by atoms with Crippen molar-refractivity contribution in [1.82, 2.24) is 20.1 Å². The van der Waals surface area contributed by atoms with Crippen molar-refractivity contribution in [3.8, 4) is 0 Å². The van der Waals surface area contributed by atoms with Gasteiger partial charge in [-0.3, -0.25) is 20.3 Å². The molecule has 0 saturated carbocycles. The molecule has 4 N–H and O–H groups in total. The Kier molecular flexibility index (Phi) is 4.09. The number of hydrogen-bond donors (Lipinski definition) is 3. The summed E-state index contributed by atoms with van der Waals surface area (Å²) < 4.78 is 1.73. The van der Waals surface area contributed by atoms with Gasteiger partial charge in [0.15, 0.2) is 0 Å². The molecule has 0 spiro atoms. The van der Waals surface area contributed by atoms with Gasteiger partial charge in [0.25, 0.3) is 5.91 Å². The maximum absolute atomic E-state index is 12.0. The zero-order chi connectivity index (χ0) is 13.7. The fraction of sp³-hybridized carbons (Fsp3) is 0.250. The molecule has 2 aromatic rings. The van der Waals surface area contributed by atoms with Crippen LogP contribution in [0.4, 0.5) is 5.69 Å². The fourth-order valence-electron chi connectivity index (χ4n) is 1.72. The van der Waals surface area contributed by atoms with Gasteiger partial charge in [-0.1, -0.05) is 0 Å². The van der Waals surface area contributed by atoms with E-state index in [4.69, 9.17) is 5.84 Å². The molecule has 1 amide bonds. The monoisotopic (exact) mass is 260 g/mol. The molecule has 0 radical (unpaired) electrons. The highest BCUT2D eigenvalue weighted by molar-refractivity contribution is 5.99. The smallest absolute Gasteiger partial charge is 0.255 e. The molecule has 0 aromatic carbocycles. The topological polar surface area (TPSA) is 97.9 Å². The number of nitrogens with one attached hydrogen (secondary N) is 2. The van der Waals surface area contributed by atoms with Crippen molar-refractivity contribution in [2.75, 3.05) is 12.0 Å². The lowest BCUT2D eigenvalue weighted by atomic mass is 10.2. The van der Waals surface area contributed by atoms with Gasteiger partial charge >= 0.3 is 0 Å². The first-order valence-electron chi connectivity index (χ1n) is 5.87. The van der Waals surface area contributed by atoms with Crippen LogP contribution in [0.15, 0.2) is 30.9 Å². The summed E-state index contributed by atoms with van der Waals surface area (Å²) >= 11 is 0. The van der Waals surface area contributed by atoms with Gasteiger partial charge < -0.3 is 10.7 Å². The third-order valence-corrected chi connectivity index (χ3v) is 2.68. The molecule has 0 saturated heterocycles. The Bertz CT molecular complexity index is 565. The SMILES string of the molecule is Cn1cc(CCNC(=O)c2cnccc2NN)cn1. The van der Waals surface area contributed by atoms with E-state index in [2.05, 4.69) is 20.8 Å².